The van der Waals surface area contributed by atoms with Crippen LogP contribution in [0.2, 0.25) is 0 Å². The van der Waals surface area contributed by atoms with Crippen molar-refractivity contribution in [2.45, 2.75) is 43.9 Å². The van der Waals surface area contributed by atoms with Crippen LogP contribution in [0.25, 0.3) is 11.0 Å². The average Bonchev–Trinajstić information content (AvgIpc) is 3.17. The van der Waals surface area contributed by atoms with E-state index in [4.69, 9.17) is 0 Å². The first-order valence-electron chi connectivity index (χ1n) is 11.9. The van der Waals surface area contributed by atoms with E-state index in [2.05, 4.69) is 30.5 Å². The van der Waals surface area contributed by atoms with Crippen LogP contribution in [0.4, 0.5) is 4.39 Å². The molecule has 182 valence electrons. The number of likely N-dealkylation sites (tertiary alicyclic amines) is 1. The summed E-state index contributed by atoms with van der Waals surface area (Å²) in [6.45, 7) is 2.25. The minimum absolute atomic E-state index is 0.0205. The second-order valence-electron chi connectivity index (χ2n) is 9.64. The molecule has 0 saturated carbocycles. The van der Waals surface area contributed by atoms with Gasteiger partial charge in [-0.3, -0.25) is 19.5 Å². The van der Waals surface area contributed by atoms with Gasteiger partial charge in [0.2, 0.25) is 5.91 Å². The Balaban J connectivity index is 1.07. The lowest BCUT2D eigenvalue weighted by Gasteiger charge is -2.37. The Morgan fingerprint density at radius 2 is 2.06 bits per heavy atom. The number of carbonyl (C=O) groups excluding carboxylic acids is 1. The van der Waals surface area contributed by atoms with Crippen LogP contribution in [-0.2, 0) is 16.9 Å². The molecule has 1 fully saturated rings. The minimum Gasteiger partial charge on any atom is -0.382 e. The maximum absolute atomic E-state index is 14.8. The van der Waals surface area contributed by atoms with Crippen molar-refractivity contribution in [3.63, 3.8) is 0 Å². The topological polar surface area (TPSA) is 124 Å². The van der Waals surface area contributed by atoms with Gasteiger partial charge in [0.1, 0.15) is 23.1 Å². The van der Waals surface area contributed by atoms with Gasteiger partial charge < -0.3 is 20.3 Å². The van der Waals surface area contributed by atoms with Crippen molar-refractivity contribution in [1.29, 1.82) is 0 Å². The zero-order valence-electron chi connectivity index (χ0n) is 19.1. The van der Waals surface area contributed by atoms with Gasteiger partial charge in [0, 0.05) is 36.8 Å². The highest BCUT2D eigenvalue weighted by Crippen LogP contribution is 2.37. The SMILES string of the molecule is O=C1CCC2=CN=C(CNC3CCN(C[C@]4(O)Cn5c(=O)ccc6ncc(F)c4c65)CC3)NC2=N1. The number of piperidine rings is 1. The number of rotatable bonds is 5. The number of hydrogen-bond acceptors (Lipinski definition) is 8. The van der Waals surface area contributed by atoms with Crippen molar-refractivity contribution < 1.29 is 14.3 Å². The summed E-state index contributed by atoms with van der Waals surface area (Å²) in [6.07, 6.45) is 5.69. The molecule has 10 nitrogen and oxygen atoms in total. The molecular weight excluding hydrogens is 453 g/mol. The number of nitrogens with zero attached hydrogens (tertiary/aromatic N) is 5. The van der Waals surface area contributed by atoms with E-state index in [-0.39, 0.29) is 36.2 Å². The normalized spacial score (nSPS) is 24.6. The first-order valence-corrected chi connectivity index (χ1v) is 11.9. The molecule has 35 heavy (non-hydrogen) atoms. The highest BCUT2D eigenvalue weighted by molar-refractivity contribution is 6.16. The maximum Gasteiger partial charge on any atom is 0.251 e. The van der Waals surface area contributed by atoms with E-state index in [1.54, 1.807) is 12.3 Å². The summed E-state index contributed by atoms with van der Waals surface area (Å²) in [4.78, 5) is 38.7. The summed E-state index contributed by atoms with van der Waals surface area (Å²) >= 11 is 0. The Morgan fingerprint density at radius 1 is 1.23 bits per heavy atom. The highest BCUT2D eigenvalue weighted by atomic mass is 19.1. The van der Waals surface area contributed by atoms with Crippen molar-refractivity contribution >= 4 is 28.6 Å². The molecule has 6 heterocycles. The van der Waals surface area contributed by atoms with E-state index in [1.165, 1.54) is 10.6 Å². The van der Waals surface area contributed by atoms with Gasteiger partial charge in [-0.05, 0) is 38.4 Å². The Morgan fingerprint density at radius 3 is 2.89 bits per heavy atom. The average molecular weight is 480 g/mol. The van der Waals surface area contributed by atoms with Crippen LogP contribution >= 0.6 is 0 Å². The molecule has 1 saturated heterocycles. The van der Waals surface area contributed by atoms with Crippen molar-refractivity contribution in [2.75, 3.05) is 26.2 Å². The zero-order chi connectivity index (χ0) is 24.2. The number of fused-ring (bicyclic) bond motifs is 1. The van der Waals surface area contributed by atoms with Crippen molar-refractivity contribution in [1.82, 2.24) is 25.1 Å². The number of nitrogens with one attached hydrogen (secondary N) is 2. The van der Waals surface area contributed by atoms with E-state index in [9.17, 15) is 19.1 Å². The standard InChI is InChI=1S/C24H26FN7O3/c25-16-10-27-17-2-4-20(34)32-13-24(35,21(16)22(17)32)12-31-7-5-15(6-8-31)26-11-18-28-9-14-1-3-19(33)30-23(14)29-18/h2,4,9-10,15,26,35H,1,3,5-8,11-13H2,(H,28,29,30,33)/t24-/m0/s1. The lowest BCUT2D eigenvalue weighted by molar-refractivity contribution is -0.117. The van der Waals surface area contributed by atoms with Crippen LogP contribution in [0, 0.1) is 5.82 Å². The summed E-state index contributed by atoms with van der Waals surface area (Å²) in [6, 6.07) is 3.24. The number of hydrogen-bond donors (Lipinski definition) is 3. The van der Waals surface area contributed by atoms with Gasteiger partial charge in [-0.25, -0.2) is 9.38 Å². The lowest BCUT2D eigenvalue weighted by Crippen LogP contribution is -2.50. The third-order valence-corrected chi connectivity index (χ3v) is 7.26. The molecule has 0 aromatic carbocycles. The first-order chi connectivity index (χ1) is 16.9. The van der Waals surface area contributed by atoms with Gasteiger partial charge >= 0.3 is 0 Å². The van der Waals surface area contributed by atoms with Crippen LogP contribution in [0.15, 0.2) is 44.9 Å². The molecule has 3 N–H and O–H groups in total. The first kappa shape index (κ1) is 22.2. The molecule has 1 amide bonds. The van der Waals surface area contributed by atoms with Crippen LogP contribution in [-0.4, -0.2) is 69.4 Å². The summed E-state index contributed by atoms with van der Waals surface area (Å²) < 4.78 is 16.2. The number of halogens is 1. The molecule has 0 radical (unpaired) electrons. The second-order valence-corrected chi connectivity index (χ2v) is 9.64. The number of aromatic nitrogens is 2. The predicted molar refractivity (Wildman–Crippen MR) is 128 cm³/mol. The molecule has 4 aliphatic rings. The third kappa shape index (κ3) is 3.99. The minimum atomic E-state index is -1.48. The van der Waals surface area contributed by atoms with Crippen molar-refractivity contribution in [3.8, 4) is 0 Å². The Bertz CT molecular complexity index is 1370. The molecule has 0 bridgehead atoms. The van der Waals surface area contributed by atoms with E-state index >= 15 is 0 Å². The van der Waals surface area contributed by atoms with Crippen LogP contribution < -0.4 is 16.2 Å². The summed E-state index contributed by atoms with van der Waals surface area (Å²) in [5, 5.41) is 18.1. The molecule has 1 atom stereocenters. The zero-order valence-corrected chi connectivity index (χ0v) is 19.1. The summed E-state index contributed by atoms with van der Waals surface area (Å²) in [5.41, 5.74) is 0.262. The molecule has 6 rings (SSSR count). The number of amidine groups is 2. The molecular formula is C24H26FN7O3. The van der Waals surface area contributed by atoms with Gasteiger partial charge in [-0.15, -0.1) is 0 Å². The molecule has 0 aliphatic carbocycles. The number of carbonyl (C=O) groups is 1. The van der Waals surface area contributed by atoms with Gasteiger partial charge in [0.25, 0.3) is 5.56 Å². The summed E-state index contributed by atoms with van der Waals surface area (Å²) in [7, 11) is 0. The fourth-order valence-electron chi connectivity index (χ4n) is 5.48. The molecule has 2 aromatic rings. The van der Waals surface area contributed by atoms with Crippen LogP contribution in [0.3, 0.4) is 0 Å². The van der Waals surface area contributed by atoms with Gasteiger partial charge in [-0.2, -0.15) is 4.99 Å². The van der Waals surface area contributed by atoms with Crippen LogP contribution in [0.5, 0.6) is 0 Å². The third-order valence-electron chi connectivity index (χ3n) is 7.26. The molecule has 4 aliphatic heterocycles. The van der Waals surface area contributed by atoms with Gasteiger partial charge in [0.05, 0.1) is 35.9 Å². The molecule has 0 unspecified atom stereocenters. The predicted octanol–water partition coefficient (Wildman–Crippen LogP) is 0.395. The largest absolute Gasteiger partial charge is 0.382 e. The van der Waals surface area contributed by atoms with E-state index < -0.39 is 11.4 Å². The van der Waals surface area contributed by atoms with E-state index in [1.807, 2.05) is 0 Å². The van der Waals surface area contributed by atoms with E-state index in [0.29, 0.717) is 36.3 Å². The number of aliphatic imine (C=N–C) groups is 2. The number of amides is 1. The number of aliphatic hydroxyl groups is 1. The monoisotopic (exact) mass is 479 g/mol. The van der Waals surface area contributed by atoms with E-state index in [0.717, 1.165) is 43.5 Å². The van der Waals surface area contributed by atoms with Gasteiger partial charge in [0.15, 0.2) is 0 Å². The molecule has 2 aromatic heterocycles. The van der Waals surface area contributed by atoms with Crippen molar-refractivity contribution in [3.05, 3.63) is 51.8 Å². The quantitative estimate of drug-likeness (QED) is 0.567. The number of β-amino-alcohol motifs (C(OH)–C–C–N with tert-alkyl or cyclic N) is 1. The smallest absolute Gasteiger partial charge is 0.251 e. The molecule has 0 spiro atoms. The van der Waals surface area contributed by atoms with Crippen LogP contribution in [0.1, 0.15) is 31.2 Å². The fraction of sp³-hybridized carbons (Fsp3) is 0.458. The second kappa shape index (κ2) is 8.43. The maximum atomic E-state index is 14.8. The van der Waals surface area contributed by atoms with Gasteiger partial charge in [-0.1, -0.05) is 0 Å². The van der Waals surface area contributed by atoms with Crippen molar-refractivity contribution in [2.24, 2.45) is 9.98 Å². The lowest BCUT2D eigenvalue weighted by atomic mass is 9.93. The highest BCUT2D eigenvalue weighted by Gasteiger charge is 2.43. The fourth-order valence-corrected chi connectivity index (χ4v) is 5.48. The Labute approximate surface area is 200 Å². The number of pyridine rings is 2. The Hall–Kier alpha value is -3.28. The Kier molecular flexibility index (Phi) is 5.35. The summed E-state index contributed by atoms with van der Waals surface area (Å²) in [5.74, 6) is 0.627. The molecule has 11 heteroatoms.